The standard InChI is InChI=1S/C18H26N2O5/c1-4-8-25-18(24)20-7-5-6-13(20)9-11(2)15(22)10-14-16(12(3)21)17(23)19-14/h4,9,12-14,16,21H,1,5-8,10H2,2-3H3,(H,19,23)/b11-9+/t12-,13-,14-,16-/m1/s1. The maximum Gasteiger partial charge on any atom is 0.410 e. The number of carbonyl (C=O) groups excluding carboxylic acids is 3. The Bertz CT molecular complexity index is 584. The van der Waals surface area contributed by atoms with Crippen LogP contribution in [0.25, 0.3) is 0 Å². The fourth-order valence-corrected chi connectivity index (χ4v) is 3.34. The van der Waals surface area contributed by atoms with Gasteiger partial charge in [-0.05, 0) is 32.3 Å². The summed E-state index contributed by atoms with van der Waals surface area (Å²) in [5.74, 6) is -0.850. The lowest BCUT2D eigenvalue weighted by Crippen LogP contribution is -2.62. The van der Waals surface area contributed by atoms with E-state index < -0.39 is 18.1 Å². The lowest BCUT2D eigenvalue weighted by molar-refractivity contribution is -0.141. The lowest BCUT2D eigenvalue weighted by Gasteiger charge is -2.38. The van der Waals surface area contributed by atoms with Crippen molar-refractivity contribution >= 4 is 17.8 Å². The Hall–Kier alpha value is -2.15. The largest absolute Gasteiger partial charge is 0.445 e. The van der Waals surface area contributed by atoms with Crippen LogP contribution in [0, 0.1) is 5.92 Å². The first kappa shape index (κ1) is 19.2. The van der Waals surface area contributed by atoms with E-state index in [4.69, 9.17) is 4.74 Å². The van der Waals surface area contributed by atoms with Crippen LogP contribution in [-0.2, 0) is 14.3 Å². The molecule has 138 valence electrons. The summed E-state index contributed by atoms with van der Waals surface area (Å²) in [6.07, 6.45) is 3.91. The zero-order valence-corrected chi connectivity index (χ0v) is 14.7. The van der Waals surface area contributed by atoms with Crippen molar-refractivity contribution in [3.05, 3.63) is 24.3 Å². The fraction of sp³-hybridized carbons (Fsp3) is 0.611. The second-order valence-corrected chi connectivity index (χ2v) is 6.63. The second kappa shape index (κ2) is 8.29. The van der Waals surface area contributed by atoms with Crippen molar-refractivity contribution in [2.45, 2.75) is 51.3 Å². The van der Waals surface area contributed by atoms with Crippen molar-refractivity contribution in [1.82, 2.24) is 10.2 Å². The molecule has 25 heavy (non-hydrogen) atoms. The normalized spacial score (nSPS) is 27.3. The van der Waals surface area contributed by atoms with Crippen molar-refractivity contribution in [2.75, 3.05) is 13.2 Å². The van der Waals surface area contributed by atoms with Crippen LogP contribution in [0.1, 0.15) is 33.1 Å². The van der Waals surface area contributed by atoms with Gasteiger partial charge in [-0.15, -0.1) is 0 Å². The third kappa shape index (κ3) is 4.48. The topological polar surface area (TPSA) is 95.9 Å². The molecular weight excluding hydrogens is 324 g/mol. The van der Waals surface area contributed by atoms with Crippen molar-refractivity contribution in [3.63, 3.8) is 0 Å². The number of Topliss-reactive ketones (excluding diaryl/α,β-unsaturated/α-hetero) is 1. The number of aliphatic hydroxyl groups excluding tert-OH is 1. The smallest absolute Gasteiger partial charge is 0.410 e. The average Bonchev–Trinajstić information content (AvgIpc) is 2.99. The molecule has 2 aliphatic heterocycles. The summed E-state index contributed by atoms with van der Waals surface area (Å²) in [6, 6.07) is -0.495. The molecule has 2 N–H and O–H groups in total. The van der Waals surface area contributed by atoms with Gasteiger partial charge in [-0.1, -0.05) is 18.7 Å². The molecule has 0 saturated carbocycles. The van der Waals surface area contributed by atoms with Crippen LogP contribution >= 0.6 is 0 Å². The Morgan fingerprint density at radius 2 is 2.24 bits per heavy atom. The molecule has 0 aromatic heterocycles. The van der Waals surface area contributed by atoms with Crippen LogP contribution in [0.2, 0.25) is 0 Å². The van der Waals surface area contributed by atoms with Crippen LogP contribution in [-0.4, -0.2) is 59.1 Å². The zero-order valence-electron chi connectivity index (χ0n) is 14.7. The van der Waals surface area contributed by atoms with Gasteiger partial charge in [0.2, 0.25) is 5.91 Å². The Balaban J connectivity index is 1.95. The van der Waals surface area contributed by atoms with Gasteiger partial charge in [0.25, 0.3) is 0 Å². The molecule has 2 saturated heterocycles. The summed E-state index contributed by atoms with van der Waals surface area (Å²) < 4.78 is 5.07. The summed E-state index contributed by atoms with van der Waals surface area (Å²) in [6.45, 7) is 7.54. The minimum atomic E-state index is -0.777. The Morgan fingerprint density at radius 1 is 1.52 bits per heavy atom. The summed E-state index contributed by atoms with van der Waals surface area (Å²) in [5, 5.41) is 12.3. The van der Waals surface area contributed by atoms with Gasteiger partial charge in [0.05, 0.1) is 24.1 Å². The number of aliphatic hydroxyl groups is 1. The summed E-state index contributed by atoms with van der Waals surface area (Å²) in [4.78, 5) is 37.5. The molecule has 2 amide bonds. The lowest BCUT2D eigenvalue weighted by atomic mass is 9.82. The number of hydrogen-bond donors (Lipinski definition) is 2. The molecule has 2 rings (SSSR count). The van der Waals surface area contributed by atoms with E-state index in [1.807, 2.05) is 0 Å². The van der Waals surface area contributed by atoms with Gasteiger partial charge in [0.15, 0.2) is 5.78 Å². The van der Waals surface area contributed by atoms with E-state index in [0.717, 1.165) is 12.8 Å². The molecule has 0 aromatic carbocycles. The second-order valence-electron chi connectivity index (χ2n) is 6.63. The van der Waals surface area contributed by atoms with Gasteiger partial charge in [-0.3, -0.25) is 9.59 Å². The number of hydrogen-bond acceptors (Lipinski definition) is 5. The monoisotopic (exact) mass is 350 g/mol. The Labute approximate surface area is 147 Å². The minimum Gasteiger partial charge on any atom is -0.445 e. The highest BCUT2D eigenvalue weighted by Gasteiger charge is 2.43. The highest BCUT2D eigenvalue weighted by Crippen LogP contribution is 2.25. The van der Waals surface area contributed by atoms with E-state index in [0.29, 0.717) is 12.1 Å². The van der Waals surface area contributed by atoms with Crippen LogP contribution in [0.5, 0.6) is 0 Å². The van der Waals surface area contributed by atoms with E-state index in [-0.39, 0.29) is 36.8 Å². The van der Waals surface area contributed by atoms with Crippen LogP contribution in [0.15, 0.2) is 24.3 Å². The fourth-order valence-electron chi connectivity index (χ4n) is 3.34. The highest BCUT2D eigenvalue weighted by molar-refractivity contribution is 5.97. The number of allylic oxidation sites excluding steroid dienone is 1. The molecule has 0 radical (unpaired) electrons. The third-order valence-corrected chi connectivity index (χ3v) is 4.73. The SMILES string of the molecule is C=CCOC(=O)N1CCC[C@@H]1/C=C(\C)C(=O)C[C@H]1NC(=O)[C@@H]1[C@@H](C)O. The van der Waals surface area contributed by atoms with Gasteiger partial charge in [-0.2, -0.15) is 0 Å². The Kier molecular flexibility index (Phi) is 6.36. The quantitative estimate of drug-likeness (QED) is 0.408. The number of β-lactam (4-membered cyclic amide) rings is 1. The molecule has 7 heteroatoms. The molecule has 2 aliphatic rings. The number of ether oxygens (including phenoxy) is 1. The van der Waals surface area contributed by atoms with Crippen molar-refractivity contribution in [2.24, 2.45) is 5.92 Å². The number of nitrogens with one attached hydrogen (secondary N) is 1. The number of nitrogens with zero attached hydrogens (tertiary/aromatic N) is 1. The molecule has 0 spiro atoms. The number of likely N-dealkylation sites (tertiary alicyclic amines) is 1. The summed E-state index contributed by atoms with van der Waals surface area (Å²) >= 11 is 0. The van der Waals surface area contributed by atoms with E-state index in [9.17, 15) is 19.5 Å². The molecule has 2 fully saturated rings. The minimum absolute atomic E-state index is 0.0954. The van der Waals surface area contributed by atoms with Crippen molar-refractivity contribution < 1.29 is 24.2 Å². The van der Waals surface area contributed by atoms with Gasteiger partial charge in [-0.25, -0.2) is 4.79 Å². The average molecular weight is 350 g/mol. The third-order valence-electron chi connectivity index (χ3n) is 4.73. The molecule has 0 unspecified atom stereocenters. The van der Waals surface area contributed by atoms with Crippen LogP contribution in [0.4, 0.5) is 4.79 Å². The molecule has 2 heterocycles. The molecule has 0 aliphatic carbocycles. The van der Waals surface area contributed by atoms with Crippen molar-refractivity contribution in [3.8, 4) is 0 Å². The number of ketones is 1. The van der Waals surface area contributed by atoms with E-state index in [1.54, 1.807) is 24.8 Å². The van der Waals surface area contributed by atoms with Gasteiger partial charge in [0, 0.05) is 13.0 Å². The number of carbonyl (C=O) groups is 3. The summed E-state index contributed by atoms with van der Waals surface area (Å²) in [7, 11) is 0. The van der Waals surface area contributed by atoms with Crippen molar-refractivity contribution in [1.29, 1.82) is 0 Å². The molecule has 0 bridgehead atoms. The molecular formula is C18H26N2O5. The first-order chi connectivity index (χ1) is 11.8. The maximum atomic E-state index is 12.4. The van der Waals surface area contributed by atoms with Gasteiger partial charge >= 0.3 is 6.09 Å². The van der Waals surface area contributed by atoms with Crippen LogP contribution in [0.3, 0.4) is 0 Å². The predicted octanol–water partition coefficient (Wildman–Crippen LogP) is 1.17. The number of amides is 2. The molecule has 7 nitrogen and oxygen atoms in total. The van der Waals surface area contributed by atoms with E-state index >= 15 is 0 Å². The van der Waals surface area contributed by atoms with Crippen LogP contribution < -0.4 is 5.32 Å². The van der Waals surface area contributed by atoms with E-state index in [1.165, 1.54) is 6.08 Å². The maximum absolute atomic E-state index is 12.4. The predicted molar refractivity (Wildman–Crippen MR) is 91.8 cm³/mol. The highest BCUT2D eigenvalue weighted by atomic mass is 16.6. The number of rotatable bonds is 7. The molecule has 4 atom stereocenters. The molecule has 0 aromatic rings. The van der Waals surface area contributed by atoms with Gasteiger partial charge < -0.3 is 20.1 Å². The zero-order chi connectivity index (χ0) is 18.6. The van der Waals surface area contributed by atoms with Gasteiger partial charge in [0.1, 0.15) is 6.61 Å². The first-order valence-electron chi connectivity index (χ1n) is 8.59. The Morgan fingerprint density at radius 3 is 2.84 bits per heavy atom. The first-order valence-corrected chi connectivity index (χ1v) is 8.59. The van der Waals surface area contributed by atoms with E-state index in [2.05, 4.69) is 11.9 Å². The summed E-state index contributed by atoms with van der Waals surface area (Å²) in [5.41, 5.74) is 0.555.